The van der Waals surface area contributed by atoms with Gasteiger partial charge in [-0.25, -0.2) is 4.79 Å². The SMILES string of the molecule is O=C(CN1C(=O)NC2(CCCCCC2)C1=O)N1CCc2sccc2C1. The van der Waals surface area contributed by atoms with Crippen LogP contribution in [0.25, 0.3) is 0 Å². The van der Waals surface area contributed by atoms with Crippen LogP contribution in [0.2, 0.25) is 0 Å². The zero-order valence-corrected chi connectivity index (χ0v) is 15.1. The molecule has 1 aromatic rings. The van der Waals surface area contributed by atoms with Crippen molar-refractivity contribution >= 4 is 29.2 Å². The summed E-state index contributed by atoms with van der Waals surface area (Å²) in [7, 11) is 0. The summed E-state index contributed by atoms with van der Waals surface area (Å²) in [6.07, 6.45) is 6.31. The van der Waals surface area contributed by atoms with Crippen molar-refractivity contribution in [2.75, 3.05) is 13.1 Å². The third-order valence-corrected chi connectivity index (χ3v) is 6.68. The van der Waals surface area contributed by atoms with Crippen LogP contribution >= 0.6 is 11.3 Å². The quantitative estimate of drug-likeness (QED) is 0.822. The molecule has 2 fully saturated rings. The highest BCUT2D eigenvalue weighted by molar-refractivity contribution is 7.10. The summed E-state index contributed by atoms with van der Waals surface area (Å²) in [4.78, 5) is 42.2. The van der Waals surface area contributed by atoms with Gasteiger partial charge in [-0.15, -0.1) is 11.3 Å². The summed E-state index contributed by atoms with van der Waals surface area (Å²) >= 11 is 1.72. The standard InChI is InChI=1S/C18H23N3O3S/c22-15(20-9-5-14-13(11-20)6-10-25-14)12-21-16(23)18(19-17(21)24)7-3-1-2-4-8-18/h6,10H,1-5,7-9,11-12H2,(H,19,24). The predicted octanol–water partition coefficient (Wildman–Crippen LogP) is 2.28. The summed E-state index contributed by atoms with van der Waals surface area (Å²) in [6.45, 7) is 1.08. The Hall–Kier alpha value is -1.89. The van der Waals surface area contributed by atoms with Gasteiger partial charge in [-0.05, 0) is 36.3 Å². The van der Waals surface area contributed by atoms with E-state index >= 15 is 0 Å². The van der Waals surface area contributed by atoms with E-state index in [9.17, 15) is 14.4 Å². The number of rotatable bonds is 2. The predicted molar refractivity (Wildman–Crippen MR) is 94.1 cm³/mol. The zero-order valence-electron chi connectivity index (χ0n) is 14.3. The number of fused-ring (bicyclic) bond motifs is 1. The van der Waals surface area contributed by atoms with Crippen molar-refractivity contribution in [3.8, 4) is 0 Å². The van der Waals surface area contributed by atoms with Crippen LogP contribution in [0.15, 0.2) is 11.4 Å². The molecular formula is C18H23N3O3S. The van der Waals surface area contributed by atoms with Crippen molar-refractivity contribution in [1.29, 1.82) is 0 Å². The van der Waals surface area contributed by atoms with Gasteiger partial charge in [-0.1, -0.05) is 25.7 Å². The van der Waals surface area contributed by atoms with Gasteiger partial charge < -0.3 is 10.2 Å². The lowest BCUT2D eigenvalue weighted by Crippen LogP contribution is -2.48. The Bertz CT molecular complexity index is 706. The molecular weight excluding hydrogens is 338 g/mol. The van der Waals surface area contributed by atoms with Gasteiger partial charge in [-0.2, -0.15) is 0 Å². The second kappa shape index (κ2) is 6.44. The number of amides is 4. The molecule has 0 bridgehead atoms. The van der Waals surface area contributed by atoms with E-state index in [2.05, 4.69) is 5.32 Å². The van der Waals surface area contributed by atoms with Crippen LogP contribution in [-0.2, 0) is 22.6 Å². The van der Waals surface area contributed by atoms with Crippen LogP contribution < -0.4 is 5.32 Å². The third-order valence-electron chi connectivity index (χ3n) is 5.66. The van der Waals surface area contributed by atoms with Gasteiger partial charge in [0.25, 0.3) is 5.91 Å². The molecule has 25 heavy (non-hydrogen) atoms. The maximum atomic E-state index is 12.9. The highest BCUT2D eigenvalue weighted by Crippen LogP contribution is 2.33. The number of nitrogens with one attached hydrogen (secondary N) is 1. The maximum Gasteiger partial charge on any atom is 0.325 e. The molecule has 7 heteroatoms. The molecule has 0 radical (unpaired) electrons. The number of hydrogen-bond donors (Lipinski definition) is 1. The number of imide groups is 1. The minimum atomic E-state index is -0.768. The first-order chi connectivity index (χ1) is 12.1. The Labute approximate surface area is 151 Å². The van der Waals surface area contributed by atoms with Crippen molar-refractivity contribution in [3.05, 3.63) is 21.9 Å². The smallest absolute Gasteiger partial charge is 0.325 e. The molecule has 3 heterocycles. The molecule has 3 aliphatic rings. The molecule has 1 N–H and O–H groups in total. The first-order valence-electron chi connectivity index (χ1n) is 9.06. The number of thiophene rings is 1. The van der Waals surface area contributed by atoms with Crippen molar-refractivity contribution in [2.24, 2.45) is 0 Å². The minimum Gasteiger partial charge on any atom is -0.336 e. The van der Waals surface area contributed by atoms with E-state index in [4.69, 9.17) is 0 Å². The van der Waals surface area contributed by atoms with Crippen LogP contribution in [0.1, 0.15) is 49.0 Å². The molecule has 1 aliphatic carbocycles. The molecule has 1 spiro atoms. The molecule has 4 rings (SSSR count). The van der Waals surface area contributed by atoms with Crippen molar-refractivity contribution < 1.29 is 14.4 Å². The molecule has 4 amide bonds. The van der Waals surface area contributed by atoms with E-state index in [0.717, 1.165) is 37.0 Å². The van der Waals surface area contributed by atoms with Crippen LogP contribution in [0.3, 0.4) is 0 Å². The highest BCUT2D eigenvalue weighted by Gasteiger charge is 2.51. The second-order valence-electron chi connectivity index (χ2n) is 7.25. The first-order valence-corrected chi connectivity index (χ1v) is 9.94. The molecule has 0 atom stereocenters. The monoisotopic (exact) mass is 361 g/mol. The largest absolute Gasteiger partial charge is 0.336 e. The number of carbonyl (C=O) groups excluding carboxylic acids is 3. The van der Waals surface area contributed by atoms with E-state index in [1.165, 1.54) is 10.4 Å². The molecule has 1 saturated carbocycles. The van der Waals surface area contributed by atoms with E-state index in [1.807, 2.05) is 11.4 Å². The molecule has 2 aliphatic heterocycles. The summed E-state index contributed by atoms with van der Waals surface area (Å²) in [5.74, 6) is -0.355. The molecule has 1 saturated heterocycles. The van der Waals surface area contributed by atoms with Gasteiger partial charge in [0.2, 0.25) is 5.91 Å². The van der Waals surface area contributed by atoms with Crippen molar-refractivity contribution in [1.82, 2.24) is 15.1 Å². The highest BCUT2D eigenvalue weighted by atomic mass is 32.1. The average molecular weight is 361 g/mol. The summed E-state index contributed by atoms with van der Waals surface area (Å²) in [6, 6.07) is 1.64. The molecule has 6 nitrogen and oxygen atoms in total. The summed E-state index contributed by atoms with van der Waals surface area (Å²) in [5.41, 5.74) is 0.415. The van der Waals surface area contributed by atoms with Crippen LogP contribution in [0, 0.1) is 0 Å². The Morgan fingerprint density at radius 1 is 1.20 bits per heavy atom. The Kier molecular flexibility index (Phi) is 4.27. The van der Waals surface area contributed by atoms with Crippen LogP contribution in [0.4, 0.5) is 4.79 Å². The summed E-state index contributed by atoms with van der Waals surface area (Å²) < 4.78 is 0. The van der Waals surface area contributed by atoms with Gasteiger partial charge in [-0.3, -0.25) is 14.5 Å². The Morgan fingerprint density at radius 2 is 1.96 bits per heavy atom. The van der Waals surface area contributed by atoms with Gasteiger partial charge in [0.15, 0.2) is 0 Å². The molecule has 0 unspecified atom stereocenters. The first kappa shape index (κ1) is 16.6. The van der Waals surface area contributed by atoms with Crippen molar-refractivity contribution in [3.63, 3.8) is 0 Å². The number of hydrogen-bond acceptors (Lipinski definition) is 4. The number of urea groups is 1. The second-order valence-corrected chi connectivity index (χ2v) is 8.25. The van der Waals surface area contributed by atoms with Gasteiger partial charge in [0.05, 0.1) is 0 Å². The number of carbonyl (C=O) groups is 3. The van der Waals surface area contributed by atoms with E-state index in [0.29, 0.717) is 25.9 Å². The minimum absolute atomic E-state index is 0.147. The fourth-order valence-corrected chi connectivity index (χ4v) is 5.08. The lowest BCUT2D eigenvalue weighted by molar-refractivity contribution is -0.139. The van der Waals surface area contributed by atoms with E-state index in [-0.39, 0.29) is 18.4 Å². The lowest BCUT2D eigenvalue weighted by Gasteiger charge is -2.29. The lowest BCUT2D eigenvalue weighted by atomic mass is 9.90. The van der Waals surface area contributed by atoms with Crippen LogP contribution in [0.5, 0.6) is 0 Å². The van der Waals surface area contributed by atoms with Gasteiger partial charge >= 0.3 is 6.03 Å². The van der Waals surface area contributed by atoms with E-state index < -0.39 is 11.6 Å². The maximum absolute atomic E-state index is 12.9. The van der Waals surface area contributed by atoms with Crippen LogP contribution in [-0.4, -0.2) is 46.3 Å². The number of nitrogens with zero attached hydrogens (tertiary/aromatic N) is 2. The third kappa shape index (κ3) is 2.94. The molecule has 1 aromatic heterocycles. The summed E-state index contributed by atoms with van der Waals surface area (Å²) in [5, 5.41) is 4.94. The van der Waals surface area contributed by atoms with Crippen molar-refractivity contribution in [2.45, 2.75) is 57.0 Å². The Balaban J connectivity index is 1.44. The van der Waals surface area contributed by atoms with Gasteiger partial charge in [0.1, 0.15) is 12.1 Å². The fraction of sp³-hybridized carbons (Fsp3) is 0.611. The zero-order chi connectivity index (χ0) is 17.4. The molecule has 0 aromatic carbocycles. The van der Waals surface area contributed by atoms with Gasteiger partial charge in [0, 0.05) is 18.0 Å². The Morgan fingerprint density at radius 3 is 2.72 bits per heavy atom. The average Bonchev–Trinajstić information content (AvgIpc) is 3.06. The van der Waals surface area contributed by atoms with E-state index in [1.54, 1.807) is 16.2 Å². The normalized spacial score (nSPS) is 22.7. The molecule has 134 valence electrons. The fourth-order valence-electron chi connectivity index (χ4n) is 4.19. The topological polar surface area (TPSA) is 69.7 Å².